The number of amides is 1. The predicted octanol–water partition coefficient (Wildman–Crippen LogP) is 2.77. The summed E-state index contributed by atoms with van der Waals surface area (Å²) >= 11 is 0. The van der Waals surface area contributed by atoms with Gasteiger partial charge in [-0.25, -0.2) is 0 Å². The van der Waals surface area contributed by atoms with Crippen LogP contribution in [-0.4, -0.2) is 22.5 Å². The number of aryl methyl sites for hydroxylation is 1. The molecule has 1 aromatic carbocycles. The van der Waals surface area contributed by atoms with Crippen LogP contribution in [0.3, 0.4) is 0 Å². The van der Waals surface area contributed by atoms with E-state index in [9.17, 15) is 9.90 Å². The number of aromatic nitrogens is 1. The second-order valence-corrected chi connectivity index (χ2v) is 4.51. The first-order valence-electron chi connectivity index (χ1n) is 6.69. The highest BCUT2D eigenvalue weighted by Crippen LogP contribution is 2.21. The molecule has 0 unspecified atom stereocenters. The lowest BCUT2D eigenvalue weighted by atomic mass is 10.1. The number of anilines is 1. The fourth-order valence-electron chi connectivity index (χ4n) is 2.10. The number of benzene rings is 1. The number of aromatic hydroxyl groups is 1. The number of carbonyl (C=O) groups is 1. The molecular weight excluding hydrogens is 252 g/mol. The smallest absolute Gasteiger partial charge is 0.227 e. The summed E-state index contributed by atoms with van der Waals surface area (Å²) in [7, 11) is 0. The van der Waals surface area contributed by atoms with Gasteiger partial charge in [-0.05, 0) is 43.2 Å². The third kappa shape index (κ3) is 3.57. The molecule has 104 valence electrons. The highest BCUT2D eigenvalue weighted by molar-refractivity contribution is 5.93. The first kappa shape index (κ1) is 14.1. The zero-order valence-corrected chi connectivity index (χ0v) is 11.5. The molecule has 0 atom stereocenters. The average Bonchev–Trinajstić information content (AvgIpc) is 2.47. The van der Waals surface area contributed by atoms with E-state index in [1.807, 2.05) is 25.1 Å². The molecule has 0 fully saturated rings. The summed E-state index contributed by atoms with van der Waals surface area (Å²) in [4.78, 5) is 17.9. The summed E-state index contributed by atoms with van der Waals surface area (Å²) in [6.07, 6.45) is 4.59. The van der Waals surface area contributed by atoms with Crippen LogP contribution in [0.2, 0.25) is 0 Å². The van der Waals surface area contributed by atoms with Crippen molar-refractivity contribution >= 4 is 11.6 Å². The second kappa shape index (κ2) is 6.70. The maximum Gasteiger partial charge on any atom is 0.227 e. The van der Waals surface area contributed by atoms with Gasteiger partial charge in [0.05, 0.1) is 0 Å². The molecule has 4 heteroatoms. The molecule has 0 saturated heterocycles. The summed E-state index contributed by atoms with van der Waals surface area (Å²) in [5, 5.41) is 9.50. The molecule has 0 radical (unpaired) electrons. The Balaban J connectivity index is 2.02. The quantitative estimate of drug-likeness (QED) is 0.909. The maximum atomic E-state index is 12.3. The van der Waals surface area contributed by atoms with Crippen LogP contribution in [0.15, 0.2) is 48.8 Å². The number of phenols is 1. The van der Waals surface area contributed by atoms with E-state index in [1.165, 1.54) is 0 Å². The molecule has 2 aromatic rings. The number of rotatable bonds is 5. The van der Waals surface area contributed by atoms with Gasteiger partial charge in [0.15, 0.2) is 0 Å². The van der Waals surface area contributed by atoms with Gasteiger partial charge >= 0.3 is 0 Å². The SMILES string of the molecule is CCN(C(=O)CCc1ccncc1)c1cccc(O)c1. The molecule has 0 saturated carbocycles. The Bertz CT molecular complexity index is 570. The van der Waals surface area contributed by atoms with Crippen molar-refractivity contribution in [3.05, 3.63) is 54.4 Å². The van der Waals surface area contributed by atoms with E-state index in [0.29, 0.717) is 19.4 Å². The number of nitrogens with zero attached hydrogens (tertiary/aromatic N) is 2. The Labute approximate surface area is 118 Å². The zero-order valence-electron chi connectivity index (χ0n) is 11.5. The van der Waals surface area contributed by atoms with Crippen molar-refractivity contribution in [1.29, 1.82) is 0 Å². The van der Waals surface area contributed by atoms with Crippen molar-refractivity contribution in [2.45, 2.75) is 19.8 Å². The standard InChI is InChI=1S/C16H18N2O2/c1-2-18(14-4-3-5-15(19)12-14)16(20)7-6-13-8-10-17-11-9-13/h3-5,8-12,19H,2,6-7H2,1H3. The van der Waals surface area contributed by atoms with Gasteiger partial charge in [-0.15, -0.1) is 0 Å². The van der Waals surface area contributed by atoms with Crippen molar-refractivity contribution in [2.75, 3.05) is 11.4 Å². The summed E-state index contributed by atoms with van der Waals surface area (Å²) in [5.41, 5.74) is 1.83. The lowest BCUT2D eigenvalue weighted by Gasteiger charge is -2.21. The van der Waals surface area contributed by atoms with Crippen molar-refractivity contribution in [3.63, 3.8) is 0 Å². The fourth-order valence-corrected chi connectivity index (χ4v) is 2.10. The van der Waals surface area contributed by atoms with Crippen LogP contribution in [0.4, 0.5) is 5.69 Å². The molecule has 0 aliphatic rings. The van der Waals surface area contributed by atoms with E-state index in [-0.39, 0.29) is 11.7 Å². The van der Waals surface area contributed by atoms with E-state index in [4.69, 9.17) is 0 Å². The van der Waals surface area contributed by atoms with Crippen LogP contribution in [0, 0.1) is 0 Å². The van der Waals surface area contributed by atoms with Crippen molar-refractivity contribution in [2.24, 2.45) is 0 Å². The van der Waals surface area contributed by atoms with Gasteiger partial charge < -0.3 is 10.0 Å². The van der Waals surface area contributed by atoms with Crippen molar-refractivity contribution in [1.82, 2.24) is 4.98 Å². The zero-order chi connectivity index (χ0) is 14.4. The van der Waals surface area contributed by atoms with Gasteiger partial charge in [0.2, 0.25) is 5.91 Å². The molecule has 0 bridgehead atoms. The Morgan fingerprint density at radius 2 is 2.00 bits per heavy atom. The molecule has 1 heterocycles. The van der Waals surface area contributed by atoms with E-state index in [0.717, 1.165) is 11.3 Å². The van der Waals surface area contributed by atoms with Crippen LogP contribution in [-0.2, 0) is 11.2 Å². The average molecular weight is 270 g/mol. The molecule has 0 aliphatic carbocycles. The van der Waals surface area contributed by atoms with Crippen LogP contribution in [0.1, 0.15) is 18.9 Å². The third-order valence-corrected chi connectivity index (χ3v) is 3.14. The van der Waals surface area contributed by atoms with Crippen LogP contribution < -0.4 is 4.90 Å². The first-order chi connectivity index (χ1) is 9.70. The lowest BCUT2D eigenvalue weighted by molar-refractivity contribution is -0.118. The number of phenolic OH excluding ortho intramolecular Hbond substituents is 1. The van der Waals surface area contributed by atoms with Crippen molar-refractivity contribution in [3.8, 4) is 5.75 Å². The number of pyridine rings is 1. The Hall–Kier alpha value is -2.36. The second-order valence-electron chi connectivity index (χ2n) is 4.51. The molecule has 0 spiro atoms. The van der Waals surface area contributed by atoms with Gasteiger partial charge in [0, 0.05) is 37.1 Å². The monoisotopic (exact) mass is 270 g/mol. The predicted molar refractivity (Wildman–Crippen MR) is 78.7 cm³/mol. The Kier molecular flexibility index (Phi) is 4.71. The van der Waals surface area contributed by atoms with E-state index >= 15 is 0 Å². The Morgan fingerprint density at radius 3 is 2.65 bits per heavy atom. The fraction of sp³-hybridized carbons (Fsp3) is 0.250. The van der Waals surface area contributed by atoms with Gasteiger partial charge in [-0.2, -0.15) is 0 Å². The van der Waals surface area contributed by atoms with E-state index in [1.54, 1.807) is 35.5 Å². The van der Waals surface area contributed by atoms with Gasteiger partial charge in [0.1, 0.15) is 5.75 Å². The number of hydrogen-bond acceptors (Lipinski definition) is 3. The highest BCUT2D eigenvalue weighted by atomic mass is 16.3. The first-order valence-corrected chi connectivity index (χ1v) is 6.69. The van der Waals surface area contributed by atoms with Crippen molar-refractivity contribution < 1.29 is 9.90 Å². The molecule has 1 aromatic heterocycles. The third-order valence-electron chi connectivity index (χ3n) is 3.14. The maximum absolute atomic E-state index is 12.3. The summed E-state index contributed by atoms with van der Waals surface area (Å²) < 4.78 is 0. The normalized spacial score (nSPS) is 10.2. The summed E-state index contributed by atoms with van der Waals surface area (Å²) in [5.74, 6) is 0.220. The molecule has 1 N–H and O–H groups in total. The molecule has 2 rings (SSSR count). The van der Waals surface area contributed by atoms with E-state index < -0.39 is 0 Å². The van der Waals surface area contributed by atoms with E-state index in [2.05, 4.69) is 4.98 Å². The molecular formula is C16H18N2O2. The topological polar surface area (TPSA) is 53.4 Å². The molecule has 1 amide bonds. The van der Waals surface area contributed by atoms with Crippen LogP contribution in [0.5, 0.6) is 5.75 Å². The summed E-state index contributed by atoms with van der Waals surface area (Å²) in [6.45, 7) is 2.51. The minimum Gasteiger partial charge on any atom is -0.508 e. The largest absolute Gasteiger partial charge is 0.508 e. The minimum absolute atomic E-state index is 0.0508. The highest BCUT2D eigenvalue weighted by Gasteiger charge is 2.14. The molecule has 4 nitrogen and oxygen atoms in total. The van der Waals surface area contributed by atoms with Crippen LogP contribution >= 0.6 is 0 Å². The van der Waals surface area contributed by atoms with Gasteiger partial charge in [-0.3, -0.25) is 9.78 Å². The summed E-state index contributed by atoms with van der Waals surface area (Å²) in [6, 6.07) is 10.6. The van der Waals surface area contributed by atoms with Crippen LogP contribution in [0.25, 0.3) is 0 Å². The Morgan fingerprint density at radius 1 is 1.25 bits per heavy atom. The molecule has 0 aliphatic heterocycles. The van der Waals surface area contributed by atoms with Gasteiger partial charge in [-0.1, -0.05) is 6.07 Å². The molecule has 20 heavy (non-hydrogen) atoms. The number of carbonyl (C=O) groups excluding carboxylic acids is 1. The van der Waals surface area contributed by atoms with Gasteiger partial charge in [0.25, 0.3) is 0 Å². The minimum atomic E-state index is 0.0508. The lowest BCUT2D eigenvalue weighted by Crippen LogP contribution is -2.30. The number of hydrogen-bond donors (Lipinski definition) is 1.